The van der Waals surface area contributed by atoms with Crippen molar-refractivity contribution >= 4 is 32.4 Å². The zero-order chi connectivity index (χ0) is 16.2. The van der Waals surface area contributed by atoms with Crippen molar-refractivity contribution in [3.05, 3.63) is 90.3 Å². The lowest BCUT2D eigenvalue weighted by atomic mass is 10.1. The van der Waals surface area contributed by atoms with Crippen LogP contribution in [0.15, 0.2) is 84.1 Å². The Balaban J connectivity index is 1.71. The van der Waals surface area contributed by atoms with Crippen LogP contribution in [0.2, 0.25) is 0 Å². The number of anilines is 1. The predicted molar refractivity (Wildman–Crippen MR) is 99.6 cm³/mol. The second-order valence-electron chi connectivity index (χ2n) is 5.14. The second-order valence-corrected chi connectivity index (χ2v) is 6.17. The van der Waals surface area contributed by atoms with Gasteiger partial charge in [-0.25, -0.2) is 4.98 Å². The number of para-hydroxylation sites is 1. The third-order valence-electron chi connectivity index (χ3n) is 3.51. The molecule has 0 unspecified atom stereocenters. The van der Waals surface area contributed by atoms with Crippen molar-refractivity contribution in [1.29, 1.82) is 0 Å². The first-order valence-electron chi connectivity index (χ1n) is 7.56. The topological polar surface area (TPSA) is 50.2 Å². The quantitative estimate of drug-likeness (QED) is 0.441. The van der Waals surface area contributed by atoms with Crippen molar-refractivity contribution in [3.63, 3.8) is 0 Å². The number of rotatable bonds is 4. The average molecular weight is 330 g/mol. The SMILES string of the molecule is c1ccc(/C(=N/Nc2nc3ccccc3s2)c2ccccn2)cc1. The molecule has 24 heavy (non-hydrogen) atoms. The summed E-state index contributed by atoms with van der Waals surface area (Å²) in [6.07, 6.45) is 1.77. The molecule has 2 aromatic heterocycles. The molecule has 0 aliphatic heterocycles. The fraction of sp³-hybridized carbons (Fsp3) is 0. The molecule has 0 saturated heterocycles. The molecule has 116 valence electrons. The van der Waals surface area contributed by atoms with Gasteiger partial charge < -0.3 is 0 Å². The third-order valence-corrected chi connectivity index (χ3v) is 4.45. The van der Waals surface area contributed by atoms with Gasteiger partial charge in [-0.05, 0) is 24.3 Å². The second kappa shape index (κ2) is 6.60. The number of hydrazone groups is 1. The molecule has 0 atom stereocenters. The van der Waals surface area contributed by atoms with Crippen molar-refractivity contribution in [2.45, 2.75) is 0 Å². The largest absolute Gasteiger partial charge is 0.255 e. The summed E-state index contributed by atoms with van der Waals surface area (Å²) in [6.45, 7) is 0. The van der Waals surface area contributed by atoms with E-state index in [9.17, 15) is 0 Å². The molecule has 4 aromatic rings. The van der Waals surface area contributed by atoms with E-state index in [0.29, 0.717) is 0 Å². The zero-order valence-corrected chi connectivity index (χ0v) is 13.6. The van der Waals surface area contributed by atoms with Crippen molar-refractivity contribution in [2.24, 2.45) is 5.10 Å². The summed E-state index contributed by atoms with van der Waals surface area (Å²) in [4.78, 5) is 8.97. The molecule has 0 spiro atoms. The van der Waals surface area contributed by atoms with Gasteiger partial charge in [0, 0.05) is 11.8 Å². The number of hydrogen-bond donors (Lipinski definition) is 1. The molecular weight excluding hydrogens is 316 g/mol. The number of nitrogens with zero attached hydrogens (tertiary/aromatic N) is 3. The molecule has 4 nitrogen and oxygen atoms in total. The molecule has 0 amide bonds. The van der Waals surface area contributed by atoms with E-state index in [-0.39, 0.29) is 0 Å². The van der Waals surface area contributed by atoms with E-state index in [2.05, 4.69) is 26.6 Å². The maximum absolute atomic E-state index is 4.58. The minimum Gasteiger partial charge on any atom is -0.255 e. The van der Waals surface area contributed by atoms with Crippen LogP contribution in [0.25, 0.3) is 10.2 Å². The summed E-state index contributed by atoms with van der Waals surface area (Å²) in [5, 5.41) is 5.35. The molecule has 0 fully saturated rings. The van der Waals surface area contributed by atoms with Crippen molar-refractivity contribution in [2.75, 3.05) is 5.43 Å². The number of nitrogens with one attached hydrogen (secondary N) is 1. The maximum atomic E-state index is 4.58. The molecular formula is C19H14N4S. The van der Waals surface area contributed by atoms with E-state index in [0.717, 1.165) is 32.3 Å². The number of thiazole rings is 1. The molecule has 0 saturated carbocycles. The Morgan fingerprint density at radius 2 is 1.67 bits per heavy atom. The number of benzene rings is 2. The first kappa shape index (κ1) is 14.5. The van der Waals surface area contributed by atoms with Gasteiger partial charge in [0.1, 0.15) is 5.71 Å². The van der Waals surface area contributed by atoms with Gasteiger partial charge in [-0.15, -0.1) is 0 Å². The van der Waals surface area contributed by atoms with Crippen LogP contribution in [0, 0.1) is 0 Å². The van der Waals surface area contributed by atoms with Crippen LogP contribution in [0.1, 0.15) is 11.3 Å². The van der Waals surface area contributed by atoms with Gasteiger partial charge in [0.25, 0.3) is 0 Å². The van der Waals surface area contributed by atoms with Crippen LogP contribution in [-0.4, -0.2) is 15.7 Å². The maximum Gasteiger partial charge on any atom is 0.204 e. The highest BCUT2D eigenvalue weighted by Crippen LogP contribution is 2.25. The lowest BCUT2D eigenvalue weighted by Crippen LogP contribution is -2.08. The van der Waals surface area contributed by atoms with E-state index in [1.54, 1.807) is 17.5 Å². The van der Waals surface area contributed by atoms with Crippen LogP contribution >= 0.6 is 11.3 Å². The van der Waals surface area contributed by atoms with E-state index in [4.69, 9.17) is 0 Å². The van der Waals surface area contributed by atoms with Gasteiger partial charge in [-0.1, -0.05) is 59.9 Å². The van der Waals surface area contributed by atoms with Gasteiger partial charge >= 0.3 is 0 Å². The zero-order valence-electron chi connectivity index (χ0n) is 12.8. The normalized spacial score (nSPS) is 11.6. The highest BCUT2D eigenvalue weighted by molar-refractivity contribution is 7.22. The highest BCUT2D eigenvalue weighted by atomic mass is 32.1. The summed E-state index contributed by atoms with van der Waals surface area (Å²) in [7, 11) is 0. The smallest absolute Gasteiger partial charge is 0.204 e. The summed E-state index contributed by atoms with van der Waals surface area (Å²) in [6, 6.07) is 23.9. The summed E-state index contributed by atoms with van der Waals surface area (Å²) >= 11 is 1.58. The van der Waals surface area contributed by atoms with Crippen LogP contribution in [-0.2, 0) is 0 Å². The standard InChI is InChI=1S/C19H14N4S/c1-2-8-14(9-3-1)18(16-11-6-7-13-20-16)22-23-19-21-15-10-4-5-12-17(15)24-19/h1-13H,(H,21,23)/b22-18-. The molecule has 2 heterocycles. The molecule has 0 aliphatic rings. The number of fused-ring (bicyclic) bond motifs is 1. The van der Waals surface area contributed by atoms with Gasteiger partial charge in [0.05, 0.1) is 15.9 Å². The van der Waals surface area contributed by atoms with Gasteiger partial charge in [-0.2, -0.15) is 5.10 Å². The number of hydrogen-bond acceptors (Lipinski definition) is 5. The predicted octanol–water partition coefficient (Wildman–Crippen LogP) is 4.56. The fourth-order valence-corrected chi connectivity index (χ4v) is 3.20. The first-order chi connectivity index (χ1) is 11.9. The molecule has 0 aliphatic carbocycles. The van der Waals surface area contributed by atoms with E-state index >= 15 is 0 Å². The average Bonchev–Trinajstić information content (AvgIpc) is 3.07. The molecule has 1 N–H and O–H groups in total. The van der Waals surface area contributed by atoms with Crippen LogP contribution in [0.5, 0.6) is 0 Å². The van der Waals surface area contributed by atoms with Crippen molar-refractivity contribution in [3.8, 4) is 0 Å². The number of pyridine rings is 1. The van der Waals surface area contributed by atoms with Gasteiger partial charge in [0.2, 0.25) is 5.13 Å². The molecule has 0 radical (unpaired) electrons. The Bertz CT molecular complexity index is 903. The van der Waals surface area contributed by atoms with Crippen molar-refractivity contribution in [1.82, 2.24) is 9.97 Å². The molecule has 4 rings (SSSR count). The van der Waals surface area contributed by atoms with Crippen LogP contribution in [0.3, 0.4) is 0 Å². The summed E-state index contributed by atoms with van der Waals surface area (Å²) in [5.41, 5.74) is 6.67. The van der Waals surface area contributed by atoms with E-state index < -0.39 is 0 Å². The minimum absolute atomic E-state index is 0.764. The Morgan fingerprint density at radius 1 is 0.875 bits per heavy atom. The fourth-order valence-electron chi connectivity index (χ4n) is 2.39. The van der Waals surface area contributed by atoms with Gasteiger partial charge in [0.15, 0.2) is 0 Å². The Hall–Kier alpha value is -3.05. The molecule has 0 bridgehead atoms. The van der Waals surface area contributed by atoms with E-state index in [1.165, 1.54) is 0 Å². The third kappa shape index (κ3) is 3.02. The molecule has 5 heteroatoms. The monoisotopic (exact) mass is 330 g/mol. The minimum atomic E-state index is 0.764. The first-order valence-corrected chi connectivity index (χ1v) is 8.38. The van der Waals surface area contributed by atoms with Crippen molar-refractivity contribution < 1.29 is 0 Å². The van der Waals surface area contributed by atoms with Crippen LogP contribution < -0.4 is 5.43 Å². The van der Waals surface area contributed by atoms with Gasteiger partial charge in [-0.3, -0.25) is 10.4 Å². The highest BCUT2D eigenvalue weighted by Gasteiger charge is 2.09. The summed E-state index contributed by atoms with van der Waals surface area (Å²) < 4.78 is 1.13. The lowest BCUT2D eigenvalue weighted by Gasteiger charge is -2.06. The van der Waals surface area contributed by atoms with Crippen LogP contribution in [0.4, 0.5) is 5.13 Å². The number of aromatic nitrogens is 2. The molecule has 2 aromatic carbocycles. The Labute approximate surface area is 143 Å². The Kier molecular flexibility index (Phi) is 4.00. The Morgan fingerprint density at radius 3 is 2.46 bits per heavy atom. The summed E-state index contributed by atoms with van der Waals surface area (Å²) in [5.74, 6) is 0. The lowest BCUT2D eigenvalue weighted by molar-refractivity contribution is 1.24. The van der Waals surface area contributed by atoms with E-state index in [1.807, 2.05) is 66.7 Å².